The lowest BCUT2D eigenvalue weighted by Crippen LogP contribution is -2.04. The Morgan fingerprint density at radius 3 is 1.60 bits per heavy atom. The van der Waals surface area contributed by atoms with Crippen LogP contribution in [-0.4, -0.2) is 0 Å². The molecule has 0 bridgehead atoms. The van der Waals surface area contributed by atoms with Gasteiger partial charge in [0, 0.05) is 0 Å². The summed E-state index contributed by atoms with van der Waals surface area (Å²) in [6.07, 6.45) is 21.8. The quantitative estimate of drug-likeness (QED) is 0.215. The minimum atomic E-state index is 0.887. The van der Waals surface area contributed by atoms with Crippen LogP contribution in [0.2, 0.25) is 0 Å². The second kappa shape index (κ2) is 17.4. The normalized spacial score (nSPS) is 15.5. The van der Waals surface area contributed by atoms with Crippen molar-refractivity contribution in [3.05, 3.63) is 0 Å². The fourth-order valence-electron chi connectivity index (χ4n) is 4.03. The van der Waals surface area contributed by atoms with E-state index in [0.29, 0.717) is 0 Å². The van der Waals surface area contributed by atoms with Gasteiger partial charge in [0.25, 0.3) is 0 Å². The van der Waals surface area contributed by atoms with Crippen LogP contribution in [0.4, 0.5) is 0 Å². The molecule has 0 fully saturated rings. The van der Waals surface area contributed by atoms with Crippen LogP contribution in [0.25, 0.3) is 0 Å². The smallest absolute Gasteiger partial charge is 0.0414 e. The summed E-state index contributed by atoms with van der Waals surface area (Å²) in [6, 6.07) is 0. The van der Waals surface area contributed by atoms with E-state index in [1.807, 2.05) is 0 Å². The lowest BCUT2D eigenvalue weighted by atomic mass is 9.87. The minimum absolute atomic E-state index is 0.887. The van der Waals surface area contributed by atoms with E-state index in [2.05, 4.69) is 41.5 Å². The molecule has 0 heteroatoms. The predicted molar refractivity (Wildman–Crippen MR) is 117 cm³/mol. The van der Waals surface area contributed by atoms with Crippen LogP contribution in [0.3, 0.4) is 0 Å². The molecule has 0 nitrogen and oxygen atoms in total. The Kier molecular flexibility index (Phi) is 17.4. The lowest BCUT2D eigenvalue weighted by molar-refractivity contribution is 0.340. The van der Waals surface area contributed by atoms with Crippen molar-refractivity contribution in [3.63, 3.8) is 0 Å². The van der Waals surface area contributed by atoms with Crippen molar-refractivity contribution < 1.29 is 0 Å². The van der Waals surface area contributed by atoms with Gasteiger partial charge < -0.3 is 0 Å². The molecule has 0 saturated heterocycles. The van der Waals surface area contributed by atoms with Gasteiger partial charge in [-0.1, -0.05) is 138 Å². The lowest BCUT2D eigenvalue weighted by Gasteiger charge is -2.19. The zero-order valence-corrected chi connectivity index (χ0v) is 18.9. The first kappa shape index (κ1) is 25.0. The van der Waals surface area contributed by atoms with E-state index in [4.69, 9.17) is 0 Å². The van der Waals surface area contributed by atoms with Gasteiger partial charge in [0.15, 0.2) is 0 Å². The molecule has 0 radical (unpaired) electrons. The van der Waals surface area contributed by atoms with Crippen LogP contribution >= 0.6 is 0 Å². The van der Waals surface area contributed by atoms with Gasteiger partial charge in [-0.05, 0) is 23.7 Å². The first-order valence-electron chi connectivity index (χ1n) is 12.0. The SMILES string of the molecule is CCCC(CCCCCC(C)C)CCC(C)CCCCCC(C)CC. The highest BCUT2D eigenvalue weighted by Crippen LogP contribution is 2.26. The Balaban J connectivity index is 3.70. The second-order valence-electron chi connectivity index (χ2n) is 9.52. The average molecular weight is 353 g/mol. The molecule has 0 saturated carbocycles. The molecule has 0 heterocycles. The van der Waals surface area contributed by atoms with Gasteiger partial charge in [-0.25, -0.2) is 0 Å². The van der Waals surface area contributed by atoms with Gasteiger partial charge in [-0.15, -0.1) is 0 Å². The molecule has 152 valence electrons. The Labute approximate surface area is 161 Å². The Hall–Kier alpha value is 0. The second-order valence-corrected chi connectivity index (χ2v) is 9.52. The molecule has 0 spiro atoms. The summed E-state index contributed by atoms with van der Waals surface area (Å²) in [5, 5.41) is 0. The Bertz CT molecular complexity index is 255. The third-order valence-corrected chi connectivity index (χ3v) is 6.25. The van der Waals surface area contributed by atoms with Crippen molar-refractivity contribution in [2.24, 2.45) is 23.7 Å². The fourth-order valence-corrected chi connectivity index (χ4v) is 4.03. The third-order valence-electron chi connectivity index (χ3n) is 6.25. The molecule has 0 N–H and O–H groups in total. The summed E-state index contributed by atoms with van der Waals surface area (Å²) in [5.74, 6) is 3.78. The molecule has 0 aliphatic carbocycles. The summed E-state index contributed by atoms with van der Waals surface area (Å²) in [7, 11) is 0. The van der Waals surface area contributed by atoms with Gasteiger partial charge >= 0.3 is 0 Å². The molecule has 0 amide bonds. The van der Waals surface area contributed by atoms with Crippen LogP contribution in [0.5, 0.6) is 0 Å². The molecule has 0 aliphatic heterocycles. The summed E-state index contributed by atoms with van der Waals surface area (Å²) < 4.78 is 0. The van der Waals surface area contributed by atoms with Crippen molar-refractivity contribution in [1.82, 2.24) is 0 Å². The summed E-state index contributed by atoms with van der Waals surface area (Å²) in [4.78, 5) is 0. The summed E-state index contributed by atoms with van der Waals surface area (Å²) in [6.45, 7) is 14.3. The van der Waals surface area contributed by atoms with E-state index in [9.17, 15) is 0 Å². The highest BCUT2D eigenvalue weighted by Gasteiger charge is 2.11. The fraction of sp³-hybridized carbons (Fsp3) is 1.00. The molecule has 0 aromatic rings. The van der Waals surface area contributed by atoms with Crippen LogP contribution in [-0.2, 0) is 0 Å². The highest BCUT2D eigenvalue weighted by molar-refractivity contribution is 4.64. The largest absolute Gasteiger partial charge is 0.0654 e. The molecule has 25 heavy (non-hydrogen) atoms. The molecule has 0 rings (SSSR count). The average Bonchev–Trinajstić information content (AvgIpc) is 2.58. The number of unbranched alkanes of at least 4 members (excludes halogenated alkanes) is 4. The third kappa shape index (κ3) is 17.2. The van der Waals surface area contributed by atoms with Crippen molar-refractivity contribution in [2.45, 2.75) is 138 Å². The van der Waals surface area contributed by atoms with Crippen LogP contribution in [0.15, 0.2) is 0 Å². The maximum Gasteiger partial charge on any atom is -0.0414 e. The van der Waals surface area contributed by atoms with Gasteiger partial charge in [-0.3, -0.25) is 0 Å². The van der Waals surface area contributed by atoms with Crippen molar-refractivity contribution >= 4 is 0 Å². The topological polar surface area (TPSA) is 0 Å². The van der Waals surface area contributed by atoms with Crippen LogP contribution < -0.4 is 0 Å². The Morgan fingerprint density at radius 2 is 1.04 bits per heavy atom. The summed E-state index contributed by atoms with van der Waals surface area (Å²) >= 11 is 0. The van der Waals surface area contributed by atoms with E-state index in [-0.39, 0.29) is 0 Å². The highest BCUT2D eigenvalue weighted by atomic mass is 14.2. The molecule has 0 aliphatic rings. The van der Waals surface area contributed by atoms with Gasteiger partial charge in [0.2, 0.25) is 0 Å². The number of hydrogen-bond acceptors (Lipinski definition) is 0. The molecular weight excluding hydrogens is 300 g/mol. The zero-order valence-electron chi connectivity index (χ0n) is 18.9. The maximum absolute atomic E-state index is 2.50. The van der Waals surface area contributed by atoms with E-state index < -0.39 is 0 Å². The monoisotopic (exact) mass is 352 g/mol. The van der Waals surface area contributed by atoms with Crippen LogP contribution in [0.1, 0.15) is 138 Å². The molecule has 3 unspecified atom stereocenters. The standard InChI is InChI=1S/C25H52/c1-7-15-25(19-14-9-11-16-22(3)4)21-20-24(6)18-13-10-12-17-23(5)8-2/h22-25H,7-21H2,1-6H3. The van der Waals surface area contributed by atoms with Gasteiger partial charge in [-0.2, -0.15) is 0 Å². The summed E-state index contributed by atoms with van der Waals surface area (Å²) in [5.41, 5.74) is 0. The van der Waals surface area contributed by atoms with E-state index >= 15 is 0 Å². The molecular formula is C25H52. The first-order valence-corrected chi connectivity index (χ1v) is 12.0. The Morgan fingerprint density at radius 1 is 0.480 bits per heavy atom. The minimum Gasteiger partial charge on any atom is -0.0654 e. The van der Waals surface area contributed by atoms with E-state index in [1.165, 1.54) is 96.3 Å². The molecule has 0 aromatic heterocycles. The van der Waals surface area contributed by atoms with Gasteiger partial charge in [0.05, 0.1) is 0 Å². The first-order chi connectivity index (χ1) is 12.0. The van der Waals surface area contributed by atoms with E-state index in [0.717, 1.165) is 23.7 Å². The van der Waals surface area contributed by atoms with Crippen molar-refractivity contribution in [2.75, 3.05) is 0 Å². The number of hydrogen-bond donors (Lipinski definition) is 0. The van der Waals surface area contributed by atoms with E-state index in [1.54, 1.807) is 0 Å². The number of rotatable bonds is 18. The van der Waals surface area contributed by atoms with Crippen molar-refractivity contribution in [1.29, 1.82) is 0 Å². The molecule has 3 atom stereocenters. The van der Waals surface area contributed by atoms with Crippen molar-refractivity contribution in [3.8, 4) is 0 Å². The maximum atomic E-state index is 2.50. The molecule has 0 aromatic carbocycles. The zero-order chi connectivity index (χ0) is 18.9. The van der Waals surface area contributed by atoms with Gasteiger partial charge in [0.1, 0.15) is 0 Å². The van der Waals surface area contributed by atoms with Crippen LogP contribution in [0, 0.1) is 23.7 Å². The predicted octanol–water partition coefficient (Wildman–Crippen LogP) is 9.42.